The molecule has 9 heteroatoms. The molecule has 7 nitrogen and oxygen atoms in total. The molecule has 142 valence electrons. The van der Waals surface area contributed by atoms with Gasteiger partial charge in [0.1, 0.15) is 5.58 Å². The highest BCUT2D eigenvalue weighted by molar-refractivity contribution is 7.98. The number of benzene rings is 1. The Kier molecular flexibility index (Phi) is 5.12. The maximum Gasteiger partial charge on any atom is 0.344 e. The van der Waals surface area contributed by atoms with Crippen molar-refractivity contribution in [1.82, 2.24) is 14.8 Å². The van der Waals surface area contributed by atoms with Crippen LogP contribution in [0.25, 0.3) is 11.0 Å². The lowest BCUT2D eigenvalue weighted by Gasteiger charge is -2.11. The summed E-state index contributed by atoms with van der Waals surface area (Å²) in [7, 11) is 0. The third kappa shape index (κ3) is 3.83. The topological polar surface area (TPSA) is 90.1 Å². The lowest BCUT2D eigenvalue weighted by atomic mass is 10.1. The molecule has 3 aromatic rings. The van der Waals surface area contributed by atoms with E-state index in [0.29, 0.717) is 28.1 Å². The number of thioether (sulfide) groups is 1. The SMILES string of the molecule is Cc1cc2oc(=O)cc(CSc3n[nH]c(=O)n3CC3CCCO3)c2cc1Cl. The molecule has 1 aromatic carbocycles. The summed E-state index contributed by atoms with van der Waals surface area (Å²) in [6, 6.07) is 5.01. The fraction of sp³-hybridized carbons (Fsp3) is 0.389. The fourth-order valence-electron chi connectivity index (χ4n) is 3.18. The van der Waals surface area contributed by atoms with Crippen molar-refractivity contribution in [2.24, 2.45) is 0 Å². The molecule has 0 amide bonds. The van der Waals surface area contributed by atoms with Crippen LogP contribution in [0.15, 0.2) is 37.4 Å². The number of nitrogens with zero attached hydrogens (tertiary/aromatic N) is 2. The lowest BCUT2D eigenvalue weighted by molar-refractivity contribution is 0.0941. The maximum absolute atomic E-state index is 12.1. The summed E-state index contributed by atoms with van der Waals surface area (Å²) in [6.45, 7) is 3.06. The summed E-state index contributed by atoms with van der Waals surface area (Å²) in [5.74, 6) is 0.456. The number of aromatic amines is 1. The average Bonchev–Trinajstić information content (AvgIpc) is 3.26. The number of hydrogen-bond donors (Lipinski definition) is 1. The predicted octanol–water partition coefficient (Wildman–Crippen LogP) is 3.11. The largest absolute Gasteiger partial charge is 0.423 e. The number of aryl methyl sites for hydroxylation is 1. The molecule has 27 heavy (non-hydrogen) atoms. The second-order valence-electron chi connectivity index (χ2n) is 6.53. The van der Waals surface area contributed by atoms with E-state index < -0.39 is 5.63 Å². The first-order chi connectivity index (χ1) is 13.0. The molecule has 1 unspecified atom stereocenters. The number of halogens is 1. The van der Waals surface area contributed by atoms with Gasteiger partial charge in [-0.25, -0.2) is 14.7 Å². The Labute approximate surface area is 163 Å². The Morgan fingerprint density at radius 3 is 3.00 bits per heavy atom. The normalized spacial score (nSPS) is 17.0. The first-order valence-electron chi connectivity index (χ1n) is 8.64. The molecule has 1 N–H and O–H groups in total. The van der Waals surface area contributed by atoms with Crippen LogP contribution in [0.4, 0.5) is 0 Å². The van der Waals surface area contributed by atoms with Crippen LogP contribution in [-0.4, -0.2) is 27.5 Å². The van der Waals surface area contributed by atoms with E-state index in [2.05, 4.69) is 10.2 Å². The fourth-order valence-corrected chi connectivity index (χ4v) is 4.29. The van der Waals surface area contributed by atoms with Crippen molar-refractivity contribution in [2.45, 2.75) is 43.3 Å². The van der Waals surface area contributed by atoms with E-state index in [9.17, 15) is 9.59 Å². The molecule has 0 aliphatic carbocycles. The number of ether oxygens (including phenoxy) is 1. The van der Waals surface area contributed by atoms with Crippen molar-refractivity contribution in [3.63, 3.8) is 0 Å². The summed E-state index contributed by atoms with van der Waals surface area (Å²) in [5, 5.41) is 8.56. The van der Waals surface area contributed by atoms with Crippen LogP contribution in [-0.2, 0) is 17.0 Å². The molecular formula is C18H18ClN3O4S. The molecule has 4 rings (SSSR count). The zero-order valence-corrected chi connectivity index (χ0v) is 16.2. The van der Waals surface area contributed by atoms with Gasteiger partial charge in [0, 0.05) is 28.8 Å². The van der Waals surface area contributed by atoms with Crippen LogP contribution in [0.5, 0.6) is 0 Å². The molecule has 1 aliphatic rings. The second kappa shape index (κ2) is 7.53. The summed E-state index contributed by atoms with van der Waals surface area (Å²) in [6.07, 6.45) is 1.97. The van der Waals surface area contributed by atoms with Gasteiger partial charge in [-0.2, -0.15) is 0 Å². The van der Waals surface area contributed by atoms with Crippen LogP contribution in [0.3, 0.4) is 0 Å². The predicted molar refractivity (Wildman–Crippen MR) is 104 cm³/mol. The molecular weight excluding hydrogens is 390 g/mol. The van der Waals surface area contributed by atoms with Crippen molar-refractivity contribution in [2.75, 3.05) is 6.61 Å². The number of aromatic nitrogens is 3. The van der Waals surface area contributed by atoms with Crippen LogP contribution in [0.2, 0.25) is 5.02 Å². The van der Waals surface area contributed by atoms with Gasteiger partial charge in [0.15, 0.2) is 5.16 Å². The number of H-pyrrole nitrogens is 1. The van der Waals surface area contributed by atoms with Gasteiger partial charge in [0.25, 0.3) is 0 Å². The van der Waals surface area contributed by atoms with Gasteiger partial charge in [-0.15, -0.1) is 5.10 Å². The molecule has 1 atom stereocenters. The first kappa shape index (κ1) is 18.3. The van der Waals surface area contributed by atoms with E-state index >= 15 is 0 Å². The molecule has 0 bridgehead atoms. The van der Waals surface area contributed by atoms with E-state index in [1.807, 2.05) is 6.92 Å². The maximum atomic E-state index is 12.1. The van der Waals surface area contributed by atoms with Crippen molar-refractivity contribution in [3.8, 4) is 0 Å². The zero-order valence-electron chi connectivity index (χ0n) is 14.7. The van der Waals surface area contributed by atoms with E-state index in [-0.39, 0.29) is 11.8 Å². The quantitative estimate of drug-likeness (QED) is 0.516. The van der Waals surface area contributed by atoms with Gasteiger partial charge in [-0.1, -0.05) is 23.4 Å². The highest BCUT2D eigenvalue weighted by Crippen LogP contribution is 2.29. The summed E-state index contributed by atoms with van der Waals surface area (Å²) in [5.41, 5.74) is 1.45. The smallest absolute Gasteiger partial charge is 0.344 e. The Morgan fingerprint density at radius 1 is 1.37 bits per heavy atom. The Hall–Kier alpha value is -2.03. The van der Waals surface area contributed by atoms with E-state index in [1.165, 1.54) is 17.8 Å². The van der Waals surface area contributed by atoms with E-state index in [0.717, 1.165) is 36.0 Å². The van der Waals surface area contributed by atoms with Crippen molar-refractivity contribution in [1.29, 1.82) is 0 Å². The molecule has 2 aromatic heterocycles. The van der Waals surface area contributed by atoms with Gasteiger partial charge >= 0.3 is 11.3 Å². The molecule has 0 saturated carbocycles. The first-order valence-corrected chi connectivity index (χ1v) is 10.00. The van der Waals surface area contributed by atoms with Crippen molar-refractivity contribution >= 4 is 34.3 Å². The number of nitrogens with one attached hydrogen (secondary N) is 1. The minimum absolute atomic E-state index is 0.0334. The molecule has 1 aliphatic heterocycles. The minimum atomic E-state index is -0.418. The Morgan fingerprint density at radius 2 is 2.22 bits per heavy atom. The van der Waals surface area contributed by atoms with Crippen LogP contribution >= 0.6 is 23.4 Å². The van der Waals surface area contributed by atoms with Crippen molar-refractivity contribution in [3.05, 3.63) is 55.3 Å². The van der Waals surface area contributed by atoms with Gasteiger partial charge < -0.3 is 9.15 Å². The Balaban J connectivity index is 1.62. The summed E-state index contributed by atoms with van der Waals surface area (Å²) < 4.78 is 12.5. The zero-order chi connectivity index (χ0) is 19.0. The summed E-state index contributed by atoms with van der Waals surface area (Å²) >= 11 is 7.62. The number of hydrogen-bond acceptors (Lipinski definition) is 6. The molecule has 3 heterocycles. The summed E-state index contributed by atoms with van der Waals surface area (Å²) in [4.78, 5) is 24.0. The minimum Gasteiger partial charge on any atom is -0.423 e. The van der Waals surface area contributed by atoms with E-state index in [1.54, 1.807) is 16.7 Å². The number of fused-ring (bicyclic) bond motifs is 1. The van der Waals surface area contributed by atoms with Crippen LogP contribution in [0.1, 0.15) is 24.0 Å². The number of rotatable bonds is 5. The van der Waals surface area contributed by atoms with Gasteiger partial charge in [-0.3, -0.25) is 4.57 Å². The molecule has 1 fully saturated rings. The van der Waals surface area contributed by atoms with Gasteiger partial charge in [0.2, 0.25) is 0 Å². The second-order valence-corrected chi connectivity index (χ2v) is 7.88. The highest BCUT2D eigenvalue weighted by atomic mass is 35.5. The van der Waals surface area contributed by atoms with Crippen LogP contribution in [0, 0.1) is 6.92 Å². The molecule has 0 spiro atoms. The third-order valence-electron chi connectivity index (χ3n) is 4.60. The Bertz CT molecular complexity index is 1100. The van der Waals surface area contributed by atoms with Crippen LogP contribution < -0.4 is 11.3 Å². The molecule has 1 saturated heterocycles. The average molecular weight is 408 g/mol. The standard InChI is InChI=1S/C18H18ClN3O4S/c1-10-5-15-13(7-14(10)19)11(6-16(23)26-15)9-27-18-21-20-17(24)22(18)8-12-3-2-4-25-12/h5-7,12H,2-4,8-9H2,1H3,(H,20,24). The highest BCUT2D eigenvalue weighted by Gasteiger charge is 2.20. The van der Waals surface area contributed by atoms with E-state index in [4.69, 9.17) is 20.8 Å². The molecule has 0 radical (unpaired) electrons. The van der Waals surface area contributed by atoms with Gasteiger partial charge in [0.05, 0.1) is 12.6 Å². The third-order valence-corrected chi connectivity index (χ3v) is 6.03. The van der Waals surface area contributed by atoms with Gasteiger partial charge in [-0.05, 0) is 43.0 Å². The van der Waals surface area contributed by atoms with Crippen molar-refractivity contribution < 1.29 is 9.15 Å². The monoisotopic (exact) mass is 407 g/mol. The lowest BCUT2D eigenvalue weighted by Crippen LogP contribution is -2.24.